The minimum atomic E-state index is -0.0134. The summed E-state index contributed by atoms with van der Waals surface area (Å²) in [5.41, 5.74) is 3.64. The van der Waals surface area contributed by atoms with Crippen molar-refractivity contribution < 1.29 is 4.79 Å². The van der Waals surface area contributed by atoms with E-state index in [0.29, 0.717) is 11.1 Å². The number of unbranched alkanes of at least 4 members (excludes halogenated alkanes) is 1. The quantitative estimate of drug-likeness (QED) is 0.733. The van der Waals surface area contributed by atoms with E-state index in [4.69, 9.17) is 5.26 Å². The maximum absolute atomic E-state index is 11.9. The summed E-state index contributed by atoms with van der Waals surface area (Å²) in [6.45, 7) is 4.30. The Labute approximate surface area is 143 Å². The smallest absolute Gasteiger partial charge is 0.251 e. The number of nitrogens with zero attached hydrogens (tertiary/aromatic N) is 1. The zero-order valence-corrected chi connectivity index (χ0v) is 14.0. The zero-order valence-electron chi connectivity index (χ0n) is 14.0. The van der Waals surface area contributed by atoms with Gasteiger partial charge in [-0.25, -0.2) is 0 Å². The van der Waals surface area contributed by atoms with Crippen LogP contribution in [0.25, 0.3) is 0 Å². The molecular formula is C20H23N3O. The van der Waals surface area contributed by atoms with Gasteiger partial charge in [-0.3, -0.25) is 4.79 Å². The summed E-state index contributed by atoms with van der Waals surface area (Å²) in [6, 6.07) is 17.3. The van der Waals surface area contributed by atoms with Gasteiger partial charge in [-0.15, -0.1) is 0 Å². The number of hydrogen-bond donors (Lipinski definition) is 2. The van der Waals surface area contributed by atoms with Crippen LogP contribution in [0.1, 0.15) is 46.8 Å². The van der Waals surface area contributed by atoms with Crippen molar-refractivity contribution in [2.75, 3.05) is 6.54 Å². The van der Waals surface area contributed by atoms with Crippen LogP contribution in [0.3, 0.4) is 0 Å². The molecule has 2 aromatic carbocycles. The maximum Gasteiger partial charge on any atom is 0.251 e. The molecule has 0 bridgehead atoms. The lowest BCUT2D eigenvalue weighted by molar-refractivity contribution is 0.0953. The largest absolute Gasteiger partial charge is 0.352 e. The van der Waals surface area contributed by atoms with Crippen molar-refractivity contribution in [3.8, 4) is 6.07 Å². The van der Waals surface area contributed by atoms with Gasteiger partial charge in [0, 0.05) is 25.2 Å². The molecule has 124 valence electrons. The third kappa shape index (κ3) is 5.53. The highest BCUT2D eigenvalue weighted by atomic mass is 16.1. The summed E-state index contributed by atoms with van der Waals surface area (Å²) in [4.78, 5) is 11.9. The molecule has 2 aromatic rings. The first-order valence-electron chi connectivity index (χ1n) is 8.30. The Bertz CT molecular complexity index is 684. The number of hydrogen-bond acceptors (Lipinski definition) is 3. The Morgan fingerprint density at radius 3 is 2.12 bits per heavy atom. The lowest BCUT2D eigenvalue weighted by atomic mass is 10.1. The molecule has 1 amide bonds. The molecule has 0 spiro atoms. The van der Waals surface area contributed by atoms with Gasteiger partial charge >= 0.3 is 0 Å². The van der Waals surface area contributed by atoms with Crippen LogP contribution in [0.4, 0.5) is 0 Å². The van der Waals surface area contributed by atoms with Gasteiger partial charge in [0.05, 0.1) is 11.6 Å². The second-order valence-corrected chi connectivity index (χ2v) is 5.72. The molecular weight excluding hydrogens is 298 g/mol. The summed E-state index contributed by atoms with van der Waals surface area (Å²) in [5.74, 6) is -0.0134. The second kappa shape index (κ2) is 9.49. The molecule has 0 heterocycles. The van der Waals surface area contributed by atoms with Crippen LogP contribution < -0.4 is 10.6 Å². The van der Waals surface area contributed by atoms with Crippen molar-refractivity contribution >= 4 is 5.91 Å². The van der Waals surface area contributed by atoms with E-state index in [1.54, 1.807) is 0 Å². The van der Waals surface area contributed by atoms with E-state index in [2.05, 4.69) is 23.6 Å². The molecule has 0 atom stereocenters. The molecule has 2 N–H and O–H groups in total. The molecule has 24 heavy (non-hydrogen) atoms. The van der Waals surface area contributed by atoms with Crippen LogP contribution in [-0.2, 0) is 13.1 Å². The van der Waals surface area contributed by atoms with E-state index in [-0.39, 0.29) is 5.91 Å². The third-order valence-corrected chi connectivity index (χ3v) is 3.77. The molecule has 0 aromatic heterocycles. The van der Waals surface area contributed by atoms with Crippen LogP contribution in [-0.4, -0.2) is 12.5 Å². The molecule has 2 rings (SSSR count). The minimum absolute atomic E-state index is 0.0134. The van der Waals surface area contributed by atoms with Gasteiger partial charge in [0.25, 0.3) is 5.91 Å². The van der Waals surface area contributed by atoms with Gasteiger partial charge in [-0.2, -0.15) is 5.26 Å². The van der Waals surface area contributed by atoms with Crippen LogP contribution in [0.5, 0.6) is 0 Å². The van der Waals surface area contributed by atoms with E-state index in [0.717, 1.165) is 43.6 Å². The molecule has 4 nitrogen and oxygen atoms in total. The summed E-state index contributed by atoms with van der Waals surface area (Å²) in [5, 5.41) is 15.1. The number of carbonyl (C=O) groups is 1. The number of nitrogens with one attached hydrogen (secondary N) is 2. The first-order valence-corrected chi connectivity index (χ1v) is 8.30. The van der Waals surface area contributed by atoms with Gasteiger partial charge in [-0.1, -0.05) is 37.6 Å². The number of benzene rings is 2. The standard InChI is InChI=1S/C20H23N3O/c1-2-3-12-23-20(24)19-10-8-18(9-11-19)15-22-14-17-6-4-16(13-21)5-7-17/h4-11,22H,2-3,12,14-15H2,1H3,(H,23,24). The van der Waals surface area contributed by atoms with Gasteiger partial charge in [0.2, 0.25) is 0 Å². The molecule has 0 aliphatic rings. The minimum Gasteiger partial charge on any atom is -0.352 e. The first kappa shape index (κ1) is 17.7. The van der Waals surface area contributed by atoms with E-state index < -0.39 is 0 Å². The molecule has 0 aliphatic carbocycles. The summed E-state index contributed by atoms with van der Waals surface area (Å²) < 4.78 is 0. The average molecular weight is 321 g/mol. The maximum atomic E-state index is 11.9. The second-order valence-electron chi connectivity index (χ2n) is 5.72. The summed E-state index contributed by atoms with van der Waals surface area (Å²) in [7, 11) is 0. The van der Waals surface area contributed by atoms with Gasteiger partial charge < -0.3 is 10.6 Å². The van der Waals surface area contributed by atoms with Crippen molar-refractivity contribution in [3.63, 3.8) is 0 Å². The lowest BCUT2D eigenvalue weighted by Gasteiger charge is -2.07. The fraction of sp³-hybridized carbons (Fsp3) is 0.300. The predicted octanol–water partition coefficient (Wildman–Crippen LogP) is 3.38. The van der Waals surface area contributed by atoms with Crippen LogP contribution >= 0.6 is 0 Å². The van der Waals surface area contributed by atoms with E-state index in [1.807, 2.05) is 48.5 Å². The van der Waals surface area contributed by atoms with Crippen molar-refractivity contribution in [1.29, 1.82) is 5.26 Å². The van der Waals surface area contributed by atoms with Crippen molar-refractivity contribution in [2.24, 2.45) is 0 Å². The van der Waals surface area contributed by atoms with Crippen molar-refractivity contribution in [1.82, 2.24) is 10.6 Å². The molecule has 0 aliphatic heterocycles. The lowest BCUT2D eigenvalue weighted by Crippen LogP contribution is -2.24. The fourth-order valence-electron chi connectivity index (χ4n) is 2.30. The molecule has 0 unspecified atom stereocenters. The van der Waals surface area contributed by atoms with E-state index >= 15 is 0 Å². The number of nitriles is 1. The predicted molar refractivity (Wildman–Crippen MR) is 95.4 cm³/mol. The highest BCUT2D eigenvalue weighted by molar-refractivity contribution is 5.94. The Kier molecular flexibility index (Phi) is 7.00. The molecule has 0 radical (unpaired) electrons. The summed E-state index contributed by atoms with van der Waals surface area (Å²) in [6.07, 6.45) is 2.08. The van der Waals surface area contributed by atoms with Crippen LogP contribution in [0.2, 0.25) is 0 Å². The Morgan fingerprint density at radius 2 is 1.58 bits per heavy atom. The van der Waals surface area contributed by atoms with Crippen molar-refractivity contribution in [2.45, 2.75) is 32.9 Å². The highest BCUT2D eigenvalue weighted by Crippen LogP contribution is 2.06. The summed E-state index contributed by atoms with van der Waals surface area (Å²) >= 11 is 0. The SMILES string of the molecule is CCCCNC(=O)c1ccc(CNCc2ccc(C#N)cc2)cc1. The Morgan fingerprint density at radius 1 is 1.00 bits per heavy atom. The average Bonchev–Trinajstić information content (AvgIpc) is 2.63. The third-order valence-electron chi connectivity index (χ3n) is 3.77. The van der Waals surface area contributed by atoms with E-state index in [9.17, 15) is 4.79 Å². The van der Waals surface area contributed by atoms with Gasteiger partial charge in [0.1, 0.15) is 0 Å². The highest BCUT2D eigenvalue weighted by Gasteiger charge is 2.04. The Balaban J connectivity index is 1.79. The van der Waals surface area contributed by atoms with Gasteiger partial charge in [0.15, 0.2) is 0 Å². The molecule has 0 saturated heterocycles. The number of amides is 1. The Hall–Kier alpha value is -2.64. The van der Waals surface area contributed by atoms with Crippen LogP contribution in [0, 0.1) is 11.3 Å². The topological polar surface area (TPSA) is 64.9 Å². The molecule has 4 heteroatoms. The normalized spacial score (nSPS) is 10.2. The van der Waals surface area contributed by atoms with Gasteiger partial charge in [-0.05, 0) is 41.8 Å². The first-order chi connectivity index (χ1) is 11.7. The molecule has 0 fully saturated rings. The number of carbonyl (C=O) groups excluding carboxylic acids is 1. The number of rotatable bonds is 8. The monoisotopic (exact) mass is 321 g/mol. The molecule has 0 saturated carbocycles. The zero-order chi connectivity index (χ0) is 17.2. The van der Waals surface area contributed by atoms with Crippen molar-refractivity contribution in [3.05, 3.63) is 70.8 Å². The fourth-order valence-corrected chi connectivity index (χ4v) is 2.30. The van der Waals surface area contributed by atoms with E-state index in [1.165, 1.54) is 0 Å². The van der Waals surface area contributed by atoms with Crippen LogP contribution in [0.15, 0.2) is 48.5 Å².